The number of rotatable bonds is 8. The maximum absolute atomic E-state index is 12.8. The molecule has 184 valence electrons. The van der Waals surface area contributed by atoms with Crippen molar-refractivity contribution in [1.82, 2.24) is 4.90 Å². The molecule has 1 aliphatic heterocycles. The molecular weight excluding hydrogens is 546 g/mol. The Bertz CT molecular complexity index is 1320. The molecule has 1 saturated heterocycles. The number of thioether (sulfide) groups is 1. The number of carbonyl (C=O) groups is 3. The Hall–Kier alpha value is -3.56. The highest BCUT2D eigenvalue weighted by atomic mass is 79.9. The first-order valence-corrected chi connectivity index (χ1v) is 12.6. The van der Waals surface area contributed by atoms with Crippen LogP contribution in [0.2, 0.25) is 0 Å². The molecule has 0 unspecified atom stereocenters. The highest BCUT2D eigenvalue weighted by Gasteiger charge is 2.35. The van der Waals surface area contributed by atoms with E-state index in [9.17, 15) is 14.4 Å². The minimum atomic E-state index is -0.527. The number of halogens is 1. The molecule has 3 aromatic carbocycles. The Labute approximate surface area is 221 Å². The van der Waals surface area contributed by atoms with Gasteiger partial charge in [-0.05, 0) is 82.7 Å². The molecule has 0 bridgehead atoms. The minimum absolute atomic E-state index is 0.137. The Morgan fingerprint density at radius 3 is 2.47 bits per heavy atom. The third-order valence-electron chi connectivity index (χ3n) is 5.23. The second-order valence-electron chi connectivity index (χ2n) is 7.78. The predicted octanol–water partition coefficient (Wildman–Crippen LogP) is 6.10. The van der Waals surface area contributed by atoms with Gasteiger partial charge in [-0.1, -0.05) is 35.9 Å². The van der Waals surface area contributed by atoms with Crippen LogP contribution in [-0.4, -0.2) is 42.3 Å². The molecule has 9 heteroatoms. The number of hydrogen-bond donors (Lipinski definition) is 0. The molecule has 1 heterocycles. The summed E-state index contributed by atoms with van der Waals surface area (Å²) in [5.74, 6) is 0.255. The van der Waals surface area contributed by atoms with Gasteiger partial charge in [0.15, 0.2) is 11.5 Å². The zero-order valence-electron chi connectivity index (χ0n) is 19.5. The van der Waals surface area contributed by atoms with Crippen LogP contribution in [0.15, 0.2) is 76.1 Å². The Balaban J connectivity index is 1.47. The Morgan fingerprint density at radius 1 is 1.06 bits per heavy atom. The van der Waals surface area contributed by atoms with Crippen LogP contribution in [0.4, 0.5) is 4.79 Å². The van der Waals surface area contributed by atoms with Crippen molar-refractivity contribution >= 4 is 50.9 Å². The molecule has 1 aliphatic rings. The minimum Gasteiger partial charge on any atom is -0.493 e. The summed E-state index contributed by atoms with van der Waals surface area (Å²) < 4.78 is 17.1. The first kappa shape index (κ1) is 25.5. The highest BCUT2D eigenvalue weighted by Crippen LogP contribution is 2.39. The van der Waals surface area contributed by atoms with E-state index < -0.39 is 11.9 Å². The number of imide groups is 1. The van der Waals surface area contributed by atoms with E-state index in [1.165, 1.54) is 7.11 Å². The number of nitrogens with zero attached hydrogens (tertiary/aromatic N) is 1. The normalized spacial score (nSPS) is 14.3. The summed E-state index contributed by atoms with van der Waals surface area (Å²) in [6.07, 6.45) is 1.60. The quantitative estimate of drug-likeness (QED) is 0.185. The van der Waals surface area contributed by atoms with E-state index in [4.69, 9.17) is 14.2 Å². The number of carbonyl (C=O) groups excluding carboxylic acids is 3. The fourth-order valence-corrected chi connectivity index (χ4v) is 4.78. The topological polar surface area (TPSA) is 82.1 Å². The van der Waals surface area contributed by atoms with Crippen LogP contribution >= 0.6 is 27.7 Å². The standard InChI is InChI=1S/C27H22BrNO6S/c1-17-8-10-19(11-9-17)26(31)35-24-21(28)14-18(15-22(24)33-2)16-23-25(30)29(27(32)36-23)12-13-34-20-6-4-3-5-7-20/h3-11,14-16H,12-13H2,1-2H3/b23-16-. The van der Waals surface area contributed by atoms with Crippen LogP contribution in [0.25, 0.3) is 6.08 Å². The van der Waals surface area contributed by atoms with E-state index in [2.05, 4.69) is 15.9 Å². The predicted molar refractivity (Wildman–Crippen MR) is 141 cm³/mol. The van der Waals surface area contributed by atoms with Gasteiger partial charge in [0.2, 0.25) is 0 Å². The molecular formula is C27H22BrNO6S. The van der Waals surface area contributed by atoms with Crippen molar-refractivity contribution in [3.05, 3.63) is 92.8 Å². The third-order valence-corrected chi connectivity index (χ3v) is 6.73. The van der Waals surface area contributed by atoms with Crippen LogP contribution in [0.5, 0.6) is 17.2 Å². The van der Waals surface area contributed by atoms with Gasteiger partial charge < -0.3 is 14.2 Å². The average molecular weight is 568 g/mol. The molecule has 0 aliphatic carbocycles. The summed E-state index contributed by atoms with van der Waals surface area (Å²) in [6, 6.07) is 19.5. The van der Waals surface area contributed by atoms with Crippen molar-refractivity contribution in [1.29, 1.82) is 0 Å². The van der Waals surface area contributed by atoms with Crippen molar-refractivity contribution in [3.63, 3.8) is 0 Å². The molecule has 7 nitrogen and oxygen atoms in total. The summed E-state index contributed by atoms with van der Waals surface area (Å²) >= 11 is 4.28. The van der Waals surface area contributed by atoms with Crippen molar-refractivity contribution in [2.24, 2.45) is 0 Å². The third kappa shape index (κ3) is 5.98. The molecule has 3 aromatic rings. The van der Waals surface area contributed by atoms with Crippen LogP contribution in [0, 0.1) is 6.92 Å². The lowest BCUT2D eigenvalue weighted by Gasteiger charge is -2.13. The SMILES string of the molecule is COc1cc(/C=C2\SC(=O)N(CCOc3ccccc3)C2=O)cc(Br)c1OC(=O)c1ccc(C)cc1. The second-order valence-corrected chi connectivity index (χ2v) is 9.63. The van der Waals surface area contributed by atoms with E-state index in [0.29, 0.717) is 27.1 Å². The fourth-order valence-electron chi connectivity index (χ4n) is 3.38. The first-order valence-electron chi connectivity index (χ1n) is 11.0. The molecule has 36 heavy (non-hydrogen) atoms. The first-order chi connectivity index (χ1) is 17.4. The van der Waals surface area contributed by atoms with Gasteiger partial charge in [-0.25, -0.2) is 4.79 Å². The smallest absolute Gasteiger partial charge is 0.343 e. The molecule has 2 amide bonds. The van der Waals surface area contributed by atoms with Crippen LogP contribution in [-0.2, 0) is 4.79 Å². The van der Waals surface area contributed by atoms with E-state index in [1.807, 2.05) is 37.3 Å². The van der Waals surface area contributed by atoms with Gasteiger partial charge in [0.05, 0.1) is 28.6 Å². The number of ether oxygens (including phenoxy) is 3. The van der Waals surface area contributed by atoms with E-state index in [-0.39, 0.29) is 29.0 Å². The fraction of sp³-hybridized carbons (Fsp3) is 0.148. The number of para-hydroxylation sites is 1. The van der Waals surface area contributed by atoms with Crippen molar-refractivity contribution in [2.75, 3.05) is 20.3 Å². The number of methoxy groups -OCH3 is 1. The van der Waals surface area contributed by atoms with Gasteiger partial charge in [-0.2, -0.15) is 0 Å². The molecule has 0 N–H and O–H groups in total. The maximum atomic E-state index is 12.8. The number of hydrogen-bond acceptors (Lipinski definition) is 7. The number of benzene rings is 3. The van der Waals surface area contributed by atoms with E-state index >= 15 is 0 Å². The van der Waals surface area contributed by atoms with Crippen molar-refractivity contribution in [3.8, 4) is 17.2 Å². The average Bonchev–Trinajstić information content (AvgIpc) is 3.13. The molecule has 0 saturated carbocycles. The summed E-state index contributed by atoms with van der Waals surface area (Å²) in [6.45, 7) is 2.26. The van der Waals surface area contributed by atoms with Crippen LogP contribution < -0.4 is 14.2 Å². The van der Waals surface area contributed by atoms with E-state index in [1.54, 1.807) is 42.5 Å². The summed E-state index contributed by atoms with van der Waals surface area (Å²) in [7, 11) is 1.45. The molecule has 1 fully saturated rings. The van der Waals surface area contributed by atoms with Gasteiger partial charge in [0.25, 0.3) is 11.1 Å². The Morgan fingerprint density at radius 2 is 1.78 bits per heavy atom. The van der Waals surface area contributed by atoms with Gasteiger partial charge in [0.1, 0.15) is 12.4 Å². The van der Waals surface area contributed by atoms with Crippen molar-refractivity contribution in [2.45, 2.75) is 6.92 Å². The summed E-state index contributed by atoms with van der Waals surface area (Å²) in [4.78, 5) is 39.3. The molecule has 4 rings (SSSR count). The lowest BCUT2D eigenvalue weighted by atomic mass is 10.1. The molecule has 0 radical (unpaired) electrons. The van der Waals surface area contributed by atoms with Crippen LogP contribution in [0.3, 0.4) is 0 Å². The largest absolute Gasteiger partial charge is 0.493 e. The maximum Gasteiger partial charge on any atom is 0.343 e. The van der Waals surface area contributed by atoms with E-state index in [0.717, 1.165) is 22.2 Å². The molecule has 0 spiro atoms. The Kier molecular flexibility index (Phi) is 8.12. The number of amides is 2. The molecule has 0 aromatic heterocycles. The monoisotopic (exact) mass is 567 g/mol. The van der Waals surface area contributed by atoms with Gasteiger partial charge >= 0.3 is 5.97 Å². The summed E-state index contributed by atoms with van der Waals surface area (Å²) in [5, 5.41) is -0.363. The second kappa shape index (κ2) is 11.5. The number of aryl methyl sites for hydroxylation is 1. The highest BCUT2D eigenvalue weighted by molar-refractivity contribution is 9.10. The molecule has 0 atom stereocenters. The van der Waals surface area contributed by atoms with Crippen molar-refractivity contribution < 1.29 is 28.6 Å². The lowest BCUT2D eigenvalue weighted by molar-refractivity contribution is -0.123. The van der Waals surface area contributed by atoms with Crippen LogP contribution in [0.1, 0.15) is 21.5 Å². The van der Waals surface area contributed by atoms with Gasteiger partial charge in [-0.15, -0.1) is 0 Å². The zero-order valence-corrected chi connectivity index (χ0v) is 21.9. The number of esters is 1. The van der Waals surface area contributed by atoms with Gasteiger partial charge in [0, 0.05) is 0 Å². The zero-order chi connectivity index (χ0) is 25.7. The van der Waals surface area contributed by atoms with Gasteiger partial charge in [-0.3, -0.25) is 14.5 Å². The lowest BCUT2D eigenvalue weighted by Crippen LogP contribution is -2.32. The summed E-state index contributed by atoms with van der Waals surface area (Å²) in [5.41, 5.74) is 2.03.